The lowest BCUT2D eigenvalue weighted by Crippen LogP contribution is -2.22. The van der Waals surface area contributed by atoms with E-state index in [9.17, 15) is 9.36 Å². The van der Waals surface area contributed by atoms with Crippen LogP contribution < -0.4 is 10.6 Å². The molecule has 3 aromatic rings. The van der Waals surface area contributed by atoms with Gasteiger partial charge >= 0.3 is 0 Å². The van der Waals surface area contributed by atoms with E-state index in [1.54, 1.807) is 36.4 Å². The van der Waals surface area contributed by atoms with Crippen molar-refractivity contribution in [2.45, 2.75) is 26.2 Å². The number of hydrogen-bond acceptors (Lipinski definition) is 2. The molecule has 0 aliphatic heterocycles. The zero-order valence-electron chi connectivity index (χ0n) is 15.3. The summed E-state index contributed by atoms with van der Waals surface area (Å²) in [6.07, 6.45) is 0. The summed E-state index contributed by atoms with van der Waals surface area (Å²) in [4.78, 5) is 13.4. The molecule has 0 aromatic heterocycles. The summed E-state index contributed by atoms with van der Waals surface area (Å²) < 4.78 is 14.0. The molecule has 0 amide bonds. The smallest absolute Gasteiger partial charge is 0.230 e. The van der Waals surface area contributed by atoms with Crippen LogP contribution in [0.2, 0.25) is 0 Å². The van der Waals surface area contributed by atoms with Crippen molar-refractivity contribution in [1.82, 2.24) is 0 Å². The zero-order valence-corrected chi connectivity index (χ0v) is 16.2. The van der Waals surface area contributed by atoms with E-state index in [-0.39, 0.29) is 10.9 Å². The van der Waals surface area contributed by atoms with E-state index < -0.39 is 7.14 Å². The number of rotatable bonds is 4. The molecule has 132 valence electrons. The Labute approximate surface area is 155 Å². The molecular weight excluding hydrogens is 339 g/mol. The van der Waals surface area contributed by atoms with Gasteiger partial charge in [-0.25, -0.2) is 0 Å². The van der Waals surface area contributed by atoms with E-state index in [1.807, 2.05) is 48.5 Å². The van der Waals surface area contributed by atoms with Crippen molar-refractivity contribution in [1.29, 1.82) is 0 Å². The highest BCUT2D eigenvalue weighted by molar-refractivity contribution is 7.93. The predicted molar refractivity (Wildman–Crippen MR) is 109 cm³/mol. The molecule has 0 spiro atoms. The fraction of sp³-hybridized carbons (Fsp3) is 0.174. The summed E-state index contributed by atoms with van der Waals surface area (Å²) in [5.74, 6) is 0. The average molecular weight is 362 g/mol. The van der Waals surface area contributed by atoms with Gasteiger partial charge in [0.2, 0.25) is 12.7 Å². The first-order chi connectivity index (χ1) is 12.3. The number of carbonyl (C=O) groups excluding carboxylic acids is 1. The second-order valence-electron chi connectivity index (χ2n) is 7.41. The van der Waals surface area contributed by atoms with Gasteiger partial charge in [0.15, 0.2) is 0 Å². The van der Waals surface area contributed by atoms with Gasteiger partial charge in [-0.15, -0.1) is 0 Å². The van der Waals surface area contributed by atoms with E-state index in [4.69, 9.17) is 0 Å². The van der Waals surface area contributed by atoms with Crippen LogP contribution in [0.4, 0.5) is 0 Å². The minimum absolute atomic E-state index is 0.00410. The van der Waals surface area contributed by atoms with Crippen LogP contribution in [0.5, 0.6) is 0 Å². The van der Waals surface area contributed by atoms with E-state index in [0.717, 1.165) is 5.56 Å². The van der Waals surface area contributed by atoms with E-state index in [0.29, 0.717) is 16.2 Å². The molecule has 0 saturated carbocycles. The molecule has 0 aliphatic rings. The van der Waals surface area contributed by atoms with Crippen LogP contribution in [0.3, 0.4) is 0 Å². The van der Waals surface area contributed by atoms with Crippen LogP contribution in [0.15, 0.2) is 84.9 Å². The molecule has 0 saturated heterocycles. The molecule has 26 heavy (non-hydrogen) atoms. The minimum Gasteiger partial charge on any atom is -0.305 e. The first kappa shape index (κ1) is 18.4. The zero-order chi connectivity index (χ0) is 18.8. The fourth-order valence-corrected chi connectivity index (χ4v) is 5.42. The topological polar surface area (TPSA) is 34.1 Å². The molecule has 3 heteroatoms. The van der Waals surface area contributed by atoms with Gasteiger partial charge < -0.3 is 4.57 Å². The molecule has 0 bridgehead atoms. The fourth-order valence-electron chi connectivity index (χ4n) is 2.95. The lowest BCUT2D eigenvalue weighted by molar-refractivity contribution is 0.107. The molecule has 2 nitrogen and oxygen atoms in total. The van der Waals surface area contributed by atoms with Gasteiger partial charge in [0.1, 0.15) is 0 Å². The summed E-state index contributed by atoms with van der Waals surface area (Å²) in [7, 11) is -3.43. The molecule has 0 atom stereocenters. The second-order valence-corrected chi connectivity index (χ2v) is 10.1. The van der Waals surface area contributed by atoms with E-state index in [1.165, 1.54) is 0 Å². The van der Waals surface area contributed by atoms with Crippen molar-refractivity contribution >= 4 is 23.3 Å². The van der Waals surface area contributed by atoms with Crippen LogP contribution in [0.1, 0.15) is 36.7 Å². The molecule has 0 aliphatic carbocycles. The Morgan fingerprint density at radius 2 is 1.12 bits per heavy atom. The number of hydrogen-bond donors (Lipinski definition) is 0. The largest absolute Gasteiger partial charge is 0.305 e. The van der Waals surface area contributed by atoms with Crippen LogP contribution in [0.25, 0.3) is 0 Å². The molecule has 0 unspecified atom stereocenters. The predicted octanol–water partition coefficient (Wildman–Crippen LogP) is 5.14. The quantitative estimate of drug-likeness (QED) is 0.602. The number of carbonyl (C=O) groups is 1. The molecule has 0 heterocycles. The van der Waals surface area contributed by atoms with Crippen LogP contribution in [-0.2, 0) is 9.98 Å². The van der Waals surface area contributed by atoms with Crippen LogP contribution in [0, 0.1) is 0 Å². The lowest BCUT2D eigenvalue weighted by atomic mass is 9.87. The first-order valence-electron chi connectivity index (χ1n) is 8.70. The van der Waals surface area contributed by atoms with Crippen molar-refractivity contribution in [3.8, 4) is 0 Å². The van der Waals surface area contributed by atoms with Crippen molar-refractivity contribution in [2.75, 3.05) is 0 Å². The van der Waals surface area contributed by atoms with Crippen molar-refractivity contribution in [3.05, 3.63) is 96.1 Å². The summed E-state index contributed by atoms with van der Waals surface area (Å²) in [6, 6.07) is 25.6. The summed E-state index contributed by atoms with van der Waals surface area (Å²) >= 11 is 0. The third kappa shape index (κ3) is 3.43. The van der Waals surface area contributed by atoms with Gasteiger partial charge in [-0.2, -0.15) is 0 Å². The van der Waals surface area contributed by atoms with Gasteiger partial charge in [0.25, 0.3) is 0 Å². The SMILES string of the molecule is CC(C)(C)c1ccc(C(=O)P(=O)(c2ccccc2)c2ccccc2)cc1. The summed E-state index contributed by atoms with van der Waals surface area (Å²) in [5, 5.41) is 1.13. The Kier molecular flexibility index (Phi) is 4.98. The van der Waals surface area contributed by atoms with Crippen LogP contribution >= 0.6 is 7.14 Å². The van der Waals surface area contributed by atoms with Gasteiger partial charge in [-0.05, 0) is 11.0 Å². The standard InChI is InChI=1S/C23H23O2P/c1-23(2,3)19-16-14-18(15-17-19)22(24)26(25,20-10-6-4-7-11-20)21-12-8-5-9-13-21/h4-17H,1-3H3. The first-order valence-corrected chi connectivity index (χ1v) is 10.4. The van der Waals surface area contributed by atoms with Crippen LogP contribution in [-0.4, -0.2) is 5.52 Å². The third-order valence-corrected chi connectivity index (χ3v) is 7.40. The summed E-state index contributed by atoms with van der Waals surface area (Å²) in [6.45, 7) is 6.38. The molecule has 0 fully saturated rings. The highest BCUT2D eigenvalue weighted by Gasteiger charge is 2.36. The van der Waals surface area contributed by atoms with Gasteiger partial charge in [0, 0.05) is 16.2 Å². The Morgan fingerprint density at radius 1 is 0.692 bits per heavy atom. The maximum atomic E-state index is 14.0. The monoisotopic (exact) mass is 362 g/mol. The van der Waals surface area contributed by atoms with Crippen molar-refractivity contribution in [3.63, 3.8) is 0 Å². The highest BCUT2D eigenvalue weighted by atomic mass is 31.2. The normalized spacial score (nSPS) is 12.0. The average Bonchev–Trinajstić information content (AvgIpc) is 2.67. The Balaban J connectivity index is 2.11. The van der Waals surface area contributed by atoms with Gasteiger partial charge in [-0.1, -0.05) is 106 Å². The van der Waals surface area contributed by atoms with Crippen molar-refractivity contribution in [2.24, 2.45) is 0 Å². The Hall–Kier alpha value is -2.44. The molecule has 0 radical (unpaired) electrons. The number of benzene rings is 3. The van der Waals surface area contributed by atoms with Gasteiger partial charge in [-0.3, -0.25) is 4.79 Å². The highest BCUT2D eigenvalue weighted by Crippen LogP contribution is 2.46. The van der Waals surface area contributed by atoms with Gasteiger partial charge in [0.05, 0.1) is 0 Å². The Morgan fingerprint density at radius 3 is 1.50 bits per heavy atom. The lowest BCUT2D eigenvalue weighted by Gasteiger charge is -2.21. The third-order valence-electron chi connectivity index (χ3n) is 4.52. The molecule has 3 rings (SSSR count). The molecule has 0 N–H and O–H groups in total. The maximum Gasteiger partial charge on any atom is 0.230 e. The summed E-state index contributed by atoms with van der Waals surface area (Å²) in [5.41, 5.74) is 1.30. The van der Waals surface area contributed by atoms with E-state index >= 15 is 0 Å². The molecule has 3 aromatic carbocycles. The Bertz CT molecular complexity index is 894. The minimum atomic E-state index is -3.43. The second kappa shape index (κ2) is 7.05. The van der Waals surface area contributed by atoms with E-state index in [2.05, 4.69) is 20.8 Å². The molecular formula is C23H23O2P. The van der Waals surface area contributed by atoms with Crippen molar-refractivity contribution < 1.29 is 9.36 Å². The maximum absolute atomic E-state index is 14.0.